The molecule has 0 bridgehead atoms. The number of aliphatic hydroxyl groups excluding tert-OH is 1. The van der Waals surface area contributed by atoms with Crippen molar-refractivity contribution >= 4 is 12.0 Å². The molecule has 46 heavy (non-hydrogen) atoms. The van der Waals surface area contributed by atoms with E-state index >= 15 is 0 Å². The van der Waals surface area contributed by atoms with E-state index in [1.807, 2.05) is 6.92 Å². The van der Waals surface area contributed by atoms with E-state index in [4.69, 9.17) is 9.47 Å². The van der Waals surface area contributed by atoms with Crippen molar-refractivity contribution in [2.24, 2.45) is 45.3 Å². The van der Waals surface area contributed by atoms with Crippen LogP contribution in [0.4, 0.5) is 4.39 Å². The van der Waals surface area contributed by atoms with Crippen molar-refractivity contribution < 1.29 is 28.9 Å². The van der Waals surface area contributed by atoms with Crippen molar-refractivity contribution in [1.29, 1.82) is 0 Å². The first-order valence-electron chi connectivity index (χ1n) is 17.9. The molecule has 1 aromatic carbocycles. The minimum absolute atomic E-state index is 0.00922. The van der Waals surface area contributed by atoms with Gasteiger partial charge in [-0.05, 0) is 148 Å². The fourth-order valence-corrected chi connectivity index (χ4v) is 11.6. The minimum atomic E-state index is -0.901. The second-order valence-corrected chi connectivity index (χ2v) is 17.8. The van der Waals surface area contributed by atoms with Crippen molar-refractivity contribution in [3.63, 3.8) is 0 Å². The summed E-state index contributed by atoms with van der Waals surface area (Å²) in [7, 11) is 1.74. The molecule has 4 fully saturated rings. The summed E-state index contributed by atoms with van der Waals surface area (Å²) in [6.07, 6.45) is 11.6. The lowest BCUT2D eigenvalue weighted by Gasteiger charge is -2.70. The van der Waals surface area contributed by atoms with Crippen LogP contribution >= 0.6 is 0 Å². The lowest BCUT2D eigenvalue weighted by atomic mass is 9.35. The lowest BCUT2D eigenvalue weighted by molar-refractivity contribution is -0.250. The predicted octanol–water partition coefficient (Wildman–Crippen LogP) is 8.75. The largest absolute Gasteiger partial charge is 0.459 e. The van der Waals surface area contributed by atoms with Crippen LogP contribution < -0.4 is 0 Å². The van der Waals surface area contributed by atoms with Crippen LogP contribution in [0.1, 0.15) is 125 Å². The fourth-order valence-electron chi connectivity index (χ4n) is 11.6. The Bertz CT molecular complexity index is 1280. The van der Waals surface area contributed by atoms with Gasteiger partial charge >= 0.3 is 5.97 Å². The Hall–Kier alpha value is -1.76. The molecule has 1 aromatic rings. The third-order valence-corrected chi connectivity index (χ3v) is 14.7. The van der Waals surface area contributed by atoms with Gasteiger partial charge < -0.3 is 19.7 Å². The summed E-state index contributed by atoms with van der Waals surface area (Å²) in [4.78, 5) is 13.6. The van der Waals surface area contributed by atoms with Crippen LogP contribution in [0.15, 0.2) is 30.3 Å². The maximum Gasteiger partial charge on any atom is 0.331 e. The van der Waals surface area contributed by atoms with Crippen molar-refractivity contribution in [1.82, 2.24) is 0 Å². The Balaban J connectivity index is 1.49. The van der Waals surface area contributed by atoms with Crippen LogP contribution in [0.3, 0.4) is 0 Å². The van der Waals surface area contributed by atoms with Crippen LogP contribution in [0, 0.1) is 51.1 Å². The first kappa shape index (κ1) is 35.5. The molecule has 4 saturated carbocycles. The van der Waals surface area contributed by atoms with Crippen molar-refractivity contribution in [2.45, 2.75) is 143 Å². The summed E-state index contributed by atoms with van der Waals surface area (Å²) in [6, 6.07) is 6.08. The molecule has 0 spiro atoms. The number of carbonyl (C=O) groups excluding carboxylic acids is 1. The van der Waals surface area contributed by atoms with Crippen LogP contribution in [0.5, 0.6) is 0 Å². The Kier molecular flexibility index (Phi) is 9.49. The van der Waals surface area contributed by atoms with E-state index in [0.717, 1.165) is 63.4 Å². The summed E-state index contributed by atoms with van der Waals surface area (Å²) in [5.41, 5.74) is -0.643. The third kappa shape index (κ3) is 6.02. The van der Waals surface area contributed by atoms with Gasteiger partial charge in [0.1, 0.15) is 11.9 Å². The molecular formula is C40H61FO5. The molecule has 10 atom stereocenters. The number of esters is 1. The molecule has 0 unspecified atom stereocenters. The molecule has 5 nitrogen and oxygen atoms in total. The summed E-state index contributed by atoms with van der Waals surface area (Å²) in [5.74, 6) is 0.0639. The highest BCUT2D eigenvalue weighted by Crippen LogP contribution is 2.76. The first-order valence-corrected chi connectivity index (χ1v) is 17.9. The predicted molar refractivity (Wildman–Crippen MR) is 181 cm³/mol. The molecule has 6 heteroatoms. The second-order valence-electron chi connectivity index (χ2n) is 17.8. The van der Waals surface area contributed by atoms with Crippen LogP contribution in [-0.2, 0) is 14.3 Å². The standard InChI is InChI=1S/C40H61FO5/c1-35(2,45-9)20-10-21-40(8,44)28-17-23-39(7)34(28)29(46-33(43)16-13-26-11-14-27(41)15-12-26)25-31-37(5)22-19-32(42)36(3,4)30(37)18-24-38(31,39)6/h11-16,28-32,34,42,44H,10,17-25H2,1-9H3/b16-13+/t28-,29+,30-,31+,32-,34-,37-,38+,39+,40+/m0/s1. The molecule has 0 amide bonds. The summed E-state index contributed by atoms with van der Waals surface area (Å²) < 4.78 is 25.7. The number of rotatable bonds is 9. The molecule has 258 valence electrons. The van der Waals surface area contributed by atoms with Gasteiger partial charge in [0, 0.05) is 19.1 Å². The average molecular weight is 641 g/mol. The van der Waals surface area contributed by atoms with E-state index in [1.54, 1.807) is 25.3 Å². The first-order chi connectivity index (χ1) is 21.3. The lowest BCUT2D eigenvalue weighted by Crippen LogP contribution is -2.67. The summed E-state index contributed by atoms with van der Waals surface area (Å²) >= 11 is 0. The minimum Gasteiger partial charge on any atom is -0.459 e. The zero-order valence-electron chi connectivity index (χ0n) is 30.0. The van der Waals surface area contributed by atoms with Gasteiger partial charge in [0.05, 0.1) is 17.3 Å². The maximum absolute atomic E-state index is 13.6. The van der Waals surface area contributed by atoms with Crippen LogP contribution in [-0.4, -0.2) is 46.7 Å². The number of ether oxygens (including phenoxy) is 2. The molecule has 0 aliphatic heterocycles. The number of methoxy groups -OCH3 is 1. The molecule has 0 aromatic heterocycles. The number of fused-ring (bicyclic) bond motifs is 5. The van der Waals surface area contributed by atoms with Crippen LogP contribution in [0.25, 0.3) is 6.08 Å². The van der Waals surface area contributed by atoms with E-state index in [-0.39, 0.29) is 63.1 Å². The molecule has 0 radical (unpaired) electrons. The molecule has 2 N–H and O–H groups in total. The highest BCUT2D eigenvalue weighted by Gasteiger charge is 2.72. The normalized spacial score (nSPS) is 40.1. The Morgan fingerprint density at radius 2 is 1.61 bits per heavy atom. The maximum atomic E-state index is 13.6. The van der Waals surface area contributed by atoms with Gasteiger partial charge in [-0.15, -0.1) is 0 Å². The number of hydrogen-bond donors (Lipinski definition) is 2. The molecule has 0 heterocycles. The zero-order valence-corrected chi connectivity index (χ0v) is 30.0. The molecule has 4 aliphatic rings. The van der Waals surface area contributed by atoms with Gasteiger partial charge in [0.2, 0.25) is 0 Å². The summed E-state index contributed by atoms with van der Waals surface area (Å²) in [5, 5.41) is 23.3. The fraction of sp³-hybridized carbons (Fsp3) is 0.775. The topological polar surface area (TPSA) is 76.0 Å². The monoisotopic (exact) mass is 640 g/mol. The Morgan fingerprint density at radius 3 is 2.26 bits per heavy atom. The number of benzene rings is 1. The number of halogens is 1. The Labute approximate surface area is 277 Å². The average Bonchev–Trinajstić information content (AvgIpc) is 3.36. The molecule has 5 rings (SSSR count). The van der Waals surface area contributed by atoms with E-state index < -0.39 is 5.60 Å². The molecule has 0 saturated heterocycles. The quantitative estimate of drug-likeness (QED) is 0.209. The van der Waals surface area contributed by atoms with E-state index in [9.17, 15) is 19.4 Å². The summed E-state index contributed by atoms with van der Waals surface area (Å²) in [6.45, 7) is 18.1. The molecular weight excluding hydrogens is 579 g/mol. The van der Waals surface area contributed by atoms with Crippen LogP contribution in [0.2, 0.25) is 0 Å². The van der Waals surface area contributed by atoms with E-state index in [1.165, 1.54) is 18.2 Å². The van der Waals surface area contributed by atoms with E-state index in [0.29, 0.717) is 18.3 Å². The van der Waals surface area contributed by atoms with Gasteiger partial charge in [-0.25, -0.2) is 9.18 Å². The second kappa shape index (κ2) is 12.3. The smallest absolute Gasteiger partial charge is 0.331 e. The SMILES string of the molecule is COC(C)(C)CCC[C@@](C)(O)[C@H]1CC[C@]2(C)[C@@H]1[C@H](OC(=O)/C=C/c1ccc(F)cc1)C[C@@H]1[C@@]3(C)CC[C@H](O)C(C)(C)[C@@H]3CC[C@]12C. The van der Waals surface area contributed by atoms with Gasteiger partial charge in [-0.1, -0.05) is 46.8 Å². The van der Waals surface area contributed by atoms with Gasteiger partial charge in [-0.3, -0.25) is 0 Å². The number of hydrogen-bond acceptors (Lipinski definition) is 5. The van der Waals surface area contributed by atoms with Crippen molar-refractivity contribution in [2.75, 3.05) is 7.11 Å². The zero-order chi connectivity index (χ0) is 33.9. The van der Waals surface area contributed by atoms with Gasteiger partial charge in [0.15, 0.2) is 0 Å². The van der Waals surface area contributed by atoms with Crippen molar-refractivity contribution in [3.05, 3.63) is 41.7 Å². The highest BCUT2D eigenvalue weighted by atomic mass is 19.1. The Morgan fingerprint density at radius 1 is 0.957 bits per heavy atom. The van der Waals surface area contributed by atoms with Crippen molar-refractivity contribution in [3.8, 4) is 0 Å². The number of carbonyl (C=O) groups is 1. The highest BCUT2D eigenvalue weighted by molar-refractivity contribution is 5.87. The van der Waals surface area contributed by atoms with Gasteiger partial charge in [0.25, 0.3) is 0 Å². The number of aliphatic hydroxyl groups is 2. The van der Waals surface area contributed by atoms with Gasteiger partial charge in [-0.2, -0.15) is 0 Å². The molecule has 4 aliphatic carbocycles. The third-order valence-electron chi connectivity index (χ3n) is 14.7. The van der Waals surface area contributed by atoms with E-state index in [2.05, 4.69) is 48.5 Å².